The van der Waals surface area contributed by atoms with Crippen molar-refractivity contribution in [1.29, 1.82) is 0 Å². The largest absolute Gasteiger partial charge is 0.363 e. The summed E-state index contributed by atoms with van der Waals surface area (Å²) in [7, 11) is 0. The molecular weight excluding hydrogens is 326 g/mol. The Hall–Kier alpha value is -3.28. The van der Waals surface area contributed by atoms with Crippen LogP contribution in [0.3, 0.4) is 0 Å². The van der Waals surface area contributed by atoms with E-state index < -0.39 is 0 Å². The number of allylic oxidation sites excluding steroid dienone is 1. The van der Waals surface area contributed by atoms with Gasteiger partial charge in [0.1, 0.15) is 18.0 Å². The third-order valence-electron chi connectivity index (χ3n) is 3.93. The smallest absolute Gasteiger partial charge is 0.249 e. The highest BCUT2D eigenvalue weighted by molar-refractivity contribution is 6.00. The van der Waals surface area contributed by atoms with Crippen LogP contribution in [-0.4, -0.2) is 20.9 Å². The van der Waals surface area contributed by atoms with Crippen LogP contribution >= 0.6 is 0 Å². The molecule has 26 heavy (non-hydrogen) atoms. The lowest BCUT2D eigenvalue weighted by Crippen LogP contribution is -2.11. The van der Waals surface area contributed by atoms with Crippen LogP contribution in [0.1, 0.15) is 31.9 Å². The number of fused-ring (bicyclic) bond motifs is 1. The predicted molar refractivity (Wildman–Crippen MR) is 104 cm³/mol. The van der Waals surface area contributed by atoms with Crippen LogP contribution in [-0.2, 0) is 4.79 Å². The normalized spacial score (nSPS) is 12.2. The first-order valence-corrected chi connectivity index (χ1v) is 8.57. The van der Waals surface area contributed by atoms with Crippen LogP contribution in [0.5, 0.6) is 0 Å². The van der Waals surface area contributed by atoms with E-state index in [2.05, 4.69) is 44.6 Å². The first kappa shape index (κ1) is 17.5. The summed E-state index contributed by atoms with van der Waals surface area (Å²) in [5.41, 5.74) is 1.87. The van der Waals surface area contributed by atoms with E-state index in [0.717, 1.165) is 17.4 Å². The number of hydrogen-bond acceptors (Lipinski definition) is 5. The van der Waals surface area contributed by atoms with Crippen LogP contribution in [0.25, 0.3) is 10.9 Å². The molecule has 1 atom stereocenters. The molecule has 3 rings (SSSR count). The highest BCUT2D eigenvalue weighted by Gasteiger charge is 2.11. The van der Waals surface area contributed by atoms with Gasteiger partial charge < -0.3 is 10.6 Å². The molecule has 2 N–H and O–H groups in total. The molecule has 2 aromatic heterocycles. The molecule has 2 heterocycles. The van der Waals surface area contributed by atoms with Crippen molar-refractivity contribution >= 4 is 28.4 Å². The summed E-state index contributed by atoms with van der Waals surface area (Å²) in [6.07, 6.45) is 7.25. The van der Waals surface area contributed by atoms with Gasteiger partial charge in [-0.25, -0.2) is 15.0 Å². The highest BCUT2D eigenvalue weighted by Crippen LogP contribution is 2.25. The van der Waals surface area contributed by atoms with Gasteiger partial charge in [-0.05, 0) is 31.1 Å². The van der Waals surface area contributed by atoms with Crippen LogP contribution in [0.2, 0.25) is 0 Å². The molecule has 132 valence electrons. The second-order valence-corrected chi connectivity index (χ2v) is 5.89. The van der Waals surface area contributed by atoms with Crippen molar-refractivity contribution in [3.05, 3.63) is 66.6 Å². The van der Waals surface area contributed by atoms with E-state index in [9.17, 15) is 4.79 Å². The Morgan fingerprint density at radius 2 is 2.00 bits per heavy atom. The Kier molecular flexibility index (Phi) is 5.53. The molecule has 0 aliphatic heterocycles. The molecule has 0 saturated carbocycles. The Labute approximate surface area is 152 Å². The summed E-state index contributed by atoms with van der Waals surface area (Å²) < 4.78 is 0. The van der Waals surface area contributed by atoms with Gasteiger partial charge in [0.15, 0.2) is 0 Å². The fraction of sp³-hybridized carbons (Fsp3) is 0.200. The topological polar surface area (TPSA) is 79.8 Å². The minimum Gasteiger partial charge on any atom is -0.363 e. The quantitative estimate of drug-likeness (QED) is 0.656. The maximum Gasteiger partial charge on any atom is 0.249 e. The number of pyridine rings is 1. The molecule has 3 aromatic rings. The molecular formula is C20H21N5O. The SMILES string of the molecule is CCC=CC(=O)Nc1cc2c(NC(C)c3ccccc3)ncnc2cn1. The minimum atomic E-state index is -0.206. The van der Waals surface area contributed by atoms with Crippen molar-refractivity contribution in [2.24, 2.45) is 0 Å². The summed E-state index contributed by atoms with van der Waals surface area (Å²) >= 11 is 0. The van der Waals surface area contributed by atoms with E-state index in [1.54, 1.807) is 18.3 Å². The van der Waals surface area contributed by atoms with Crippen molar-refractivity contribution in [3.8, 4) is 0 Å². The summed E-state index contributed by atoms with van der Waals surface area (Å²) in [6, 6.07) is 12.0. The van der Waals surface area contributed by atoms with Crippen LogP contribution < -0.4 is 10.6 Å². The van der Waals surface area contributed by atoms with Crippen molar-refractivity contribution < 1.29 is 4.79 Å². The second-order valence-electron chi connectivity index (χ2n) is 5.89. The van der Waals surface area contributed by atoms with Crippen molar-refractivity contribution in [2.45, 2.75) is 26.3 Å². The monoisotopic (exact) mass is 347 g/mol. The summed E-state index contributed by atoms with van der Waals surface area (Å²) in [5, 5.41) is 6.98. The second kappa shape index (κ2) is 8.20. The lowest BCUT2D eigenvalue weighted by atomic mass is 10.1. The van der Waals surface area contributed by atoms with Gasteiger partial charge in [0.05, 0.1) is 11.7 Å². The third-order valence-corrected chi connectivity index (χ3v) is 3.93. The Balaban J connectivity index is 1.87. The van der Waals surface area contributed by atoms with Gasteiger partial charge >= 0.3 is 0 Å². The zero-order valence-corrected chi connectivity index (χ0v) is 14.8. The average Bonchev–Trinajstić information content (AvgIpc) is 2.67. The molecule has 0 saturated heterocycles. The molecule has 1 unspecified atom stereocenters. The average molecular weight is 347 g/mol. The van der Waals surface area contributed by atoms with Crippen LogP contribution in [0, 0.1) is 0 Å². The maximum atomic E-state index is 11.9. The molecule has 0 radical (unpaired) electrons. The first-order valence-electron chi connectivity index (χ1n) is 8.57. The molecule has 6 nitrogen and oxygen atoms in total. The van der Waals surface area contributed by atoms with Gasteiger partial charge in [-0.3, -0.25) is 4.79 Å². The standard InChI is InChI=1S/C20H21N5O/c1-3-4-10-19(26)25-18-11-16-17(12-21-18)22-13-23-20(16)24-14(2)15-8-6-5-7-9-15/h4-14H,3H2,1-2H3,(H,21,25,26)(H,22,23,24). The molecule has 0 spiro atoms. The molecule has 1 aromatic carbocycles. The van der Waals surface area contributed by atoms with Gasteiger partial charge in [-0.1, -0.05) is 43.3 Å². The third kappa shape index (κ3) is 4.22. The van der Waals surface area contributed by atoms with E-state index in [4.69, 9.17) is 0 Å². The van der Waals surface area contributed by atoms with Gasteiger partial charge in [-0.2, -0.15) is 0 Å². The Morgan fingerprint density at radius 1 is 1.19 bits per heavy atom. The Morgan fingerprint density at radius 3 is 2.77 bits per heavy atom. The molecule has 1 amide bonds. The Bertz CT molecular complexity index is 924. The number of nitrogens with zero attached hydrogens (tertiary/aromatic N) is 3. The van der Waals surface area contributed by atoms with E-state index in [1.165, 1.54) is 12.4 Å². The van der Waals surface area contributed by atoms with Crippen molar-refractivity contribution in [2.75, 3.05) is 10.6 Å². The van der Waals surface area contributed by atoms with Gasteiger partial charge in [-0.15, -0.1) is 0 Å². The minimum absolute atomic E-state index is 0.0768. The number of carbonyl (C=O) groups is 1. The van der Waals surface area contributed by atoms with Crippen molar-refractivity contribution in [3.63, 3.8) is 0 Å². The van der Waals surface area contributed by atoms with E-state index in [1.807, 2.05) is 25.1 Å². The summed E-state index contributed by atoms with van der Waals surface area (Å²) in [5.74, 6) is 0.963. The number of aromatic nitrogens is 3. The number of carbonyl (C=O) groups excluding carboxylic acids is 1. The number of rotatable bonds is 6. The molecule has 0 bridgehead atoms. The van der Waals surface area contributed by atoms with Crippen LogP contribution in [0.15, 0.2) is 61.1 Å². The zero-order valence-electron chi connectivity index (χ0n) is 14.8. The van der Waals surface area contributed by atoms with Gasteiger partial charge in [0, 0.05) is 11.4 Å². The van der Waals surface area contributed by atoms with Gasteiger partial charge in [0.25, 0.3) is 0 Å². The lowest BCUT2D eigenvalue weighted by Gasteiger charge is -2.16. The summed E-state index contributed by atoms with van der Waals surface area (Å²) in [6.45, 7) is 4.05. The van der Waals surface area contributed by atoms with E-state index in [-0.39, 0.29) is 11.9 Å². The molecule has 0 aliphatic rings. The number of amides is 1. The molecule has 6 heteroatoms. The highest BCUT2D eigenvalue weighted by atomic mass is 16.1. The number of hydrogen-bond donors (Lipinski definition) is 2. The first-order chi connectivity index (χ1) is 12.7. The van der Waals surface area contributed by atoms with Crippen LogP contribution in [0.4, 0.5) is 11.6 Å². The number of anilines is 2. The number of nitrogens with one attached hydrogen (secondary N) is 2. The van der Waals surface area contributed by atoms with E-state index >= 15 is 0 Å². The molecule has 0 aliphatic carbocycles. The van der Waals surface area contributed by atoms with Crippen molar-refractivity contribution in [1.82, 2.24) is 15.0 Å². The number of benzene rings is 1. The van der Waals surface area contributed by atoms with Gasteiger partial charge in [0.2, 0.25) is 5.91 Å². The fourth-order valence-electron chi connectivity index (χ4n) is 2.57. The summed E-state index contributed by atoms with van der Waals surface area (Å²) in [4.78, 5) is 24.7. The molecule has 0 fully saturated rings. The fourth-order valence-corrected chi connectivity index (χ4v) is 2.57. The maximum absolute atomic E-state index is 11.9. The van der Waals surface area contributed by atoms with E-state index in [0.29, 0.717) is 17.2 Å². The lowest BCUT2D eigenvalue weighted by molar-refractivity contribution is -0.111. The zero-order chi connectivity index (χ0) is 18.4. The predicted octanol–water partition coefficient (Wildman–Crippen LogP) is 4.10.